The average Bonchev–Trinajstić information content (AvgIpc) is 3.14. The van der Waals surface area contributed by atoms with E-state index < -0.39 is 10.0 Å². The predicted octanol–water partition coefficient (Wildman–Crippen LogP) is 3.18. The lowest BCUT2D eigenvalue weighted by Gasteiger charge is -2.34. The van der Waals surface area contributed by atoms with Crippen LogP contribution in [0.5, 0.6) is 0 Å². The zero-order valence-electron chi connectivity index (χ0n) is 14.2. The van der Waals surface area contributed by atoms with Crippen LogP contribution >= 0.6 is 11.6 Å². The largest absolute Gasteiger partial charge is 0.467 e. The molecule has 0 bridgehead atoms. The first kappa shape index (κ1) is 18.9. The Morgan fingerprint density at radius 2 is 2.00 bits per heavy atom. The van der Waals surface area contributed by atoms with Gasteiger partial charge in [-0.2, -0.15) is 4.31 Å². The second kappa shape index (κ2) is 8.24. The molecule has 1 fully saturated rings. The molecule has 1 amide bonds. The Bertz CT molecular complexity index is 835. The van der Waals surface area contributed by atoms with Crippen molar-refractivity contribution in [3.8, 4) is 0 Å². The zero-order chi connectivity index (χ0) is 18.6. The number of amides is 1. The molecule has 6 nitrogen and oxygen atoms in total. The monoisotopic (exact) mass is 396 g/mol. The van der Waals surface area contributed by atoms with Crippen molar-refractivity contribution in [1.82, 2.24) is 9.62 Å². The molecule has 0 saturated carbocycles. The van der Waals surface area contributed by atoms with Gasteiger partial charge in [0.15, 0.2) is 0 Å². The highest BCUT2D eigenvalue weighted by molar-refractivity contribution is 7.89. The molecule has 1 aromatic carbocycles. The molecule has 1 aliphatic rings. The lowest BCUT2D eigenvalue weighted by Crippen LogP contribution is -2.45. The first-order valence-corrected chi connectivity index (χ1v) is 10.3. The highest BCUT2D eigenvalue weighted by Gasteiger charge is 2.34. The summed E-state index contributed by atoms with van der Waals surface area (Å²) in [5.74, 6) is 0.470. The van der Waals surface area contributed by atoms with Crippen LogP contribution in [0.1, 0.15) is 31.4 Å². The van der Waals surface area contributed by atoms with E-state index in [0.717, 1.165) is 12.8 Å². The molecule has 1 aromatic heterocycles. The Hall–Kier alpha value is -1.83. The number of piperidine rings is 1. The van der Waals surface area contributed by atoms with Gasteiger partial charge in [0.2, 0.25) is 15.9 Å². The van der Waals surface area contributed by atoms with Crippen molar-refractivity contribution < 1.29 is 17.6 Å². The van der Waals surface area contributed by atoms with Crippen molar-refractivity contribution in [2.24, 2.45) is 0 Å². The second-order valence-electron chi connectivity index (χ2n) is 6.28. The molecule has 0 spiro atoms. The number of nitrogens with zero attached hydrogens (tertiary/aromatic N) is 1. The first-order valence-electron chi connectivity index (χ1n) is 8.53. The number of furan rings is 1. The summed E-state index contributed by atoms with van der Waals surface area (Å²) in [6, 6.07) is 9.30. The molecule has 1 N–H and O–H groups in total. The number of sulfonamides is 1. The van der Waals surface area contributed by atoms with Gasteiger partial charge in [-0.25, -0.2) is 8.42 Å². The normalized spacial score (nSPS) is 18.6. The average molecular weight is 397 g/mol. The molecular weight excluding hydrogens is 376 g/mol. The van der Waals surface area contributed by atoms with Crippen LogP contribution in [0, 0.1) is 0 Å². The summed E-state index contributed by atoms with van der Waals surface area (Å²) in [5.41, 5.74) is 0. The number of carbonyl (C=O) groups excluding carboxylic acids is 1. The van der Waals surface area contributed by atoms with Crippen LogP contribution in [0.25, 0.3) is 0 Å². The van der Waals surface area contributed by atoms with Gasteiger partial charge in [-0.05, 0) is 49.2 Å². The number of halogens is 1. The molecule has 3 rings (SSSR count). The molecule has 2 heterocycles. The SMILES string of the molecule is O=C(C[C@@H]1CCCCN1S(=O)(=O)c1ccc(Cl)cc1)NCc1ccco1. The Kier molecular flexibility index (Phi) is 6.01. The third-order valence-corrected chi connectivity index (χ3v) is 6.67. The summed E-state index contributed by atoms with van der Waals surface area (Å²) in [6.45, 7) is 0.712. The van der Waals surface area contributed by atoms with Crippen LogP contribution in [0.15, 0.2) is 52.0 Å². The third-order valence-electron chi connectivity index (χ3n) is 4.45. The molecule has 8 heteroatoms. The lowest BCUT2D eigenvalue weighted by molar-refractivity contribution is -0.122. The molecular formula is C18H21ClN2O4S. The van der Waals surface area contributed by atoms with Gasteiger partial charge in [-0.15, -0.1) is 0 Å². The third kappa shape index (κ3) is 4.47. The van der Waals surface area contributed by atoms with E-state index in [9.17, 15) is 13.2 Å². The van der Waals surface area contributed by atoms with Crippen LogP contribution in [-0.2, 0) is 21.4 Å². The number of hydrogen-bond acceptors (Lipinski definition) is 4. The summed E-state index contributed by atoms with van der Waals surface area (Å²) >= 11 is 5.85. The quantitative estimate of drug-likeness (QED) is 0.813. The van der Waals surface area contributed by atoms with Gasteiger partial charge >= 0.3 is 0 Å². The highest BCUT2D eigenvalue weighted by atomic mass is 35.5. The van der Waals surface area contributed by atoms with Gasteiger partial charge in [0.05, 0.1) is 17.7 Å². The van der Waals surface area contributed by atoms with E-state index in [1.165, 1.54) is 16.4 Å². The lowest BCUT2D eigenvalue weighted by atomic mass is 10.0. The molecule has 140 valence electrons. The van der Waals surface area contributed by atoms with Gasteiger partial charge in [0.1, 0.15) is 5.76 Å². The minimum absolute atomic E-state index is 0.132. The minimum Gasteiger partial charge on any atom is -0.467 e. The van der Waals surface area contributed by atoms with E-state index in [4.69, 9.17) is 16.0 Å². The van der Waals surface area contributed by atoms with E-state index in [1.54, 1.807) is 30.5 Å². The van der Waals surface area contributed by atoms with Gasteiger partial charge in [0, 0.05) is 24.0 Å². The maximum absolute atomic E-state index is 13.0. The van der Waals surface area contributed by atoms with Crippen LogP contribution in [0.4, 0.5) is 0 Å². The fourth-order valence-corrected chi connectivity index (χ4v) is 4.94. The number of rotatable bonds is 6. The fraction of sp³-hybridized carbons (Fsp3) is 0.389. The van der Waals surface area contributed by atoms with Crippen LogP contribution < -0.4 is 5.32 Å². The van der Waals surface area contributed by atoms with Crippen LogP contribution in [-0.4, -0.2) is 31.2 Å². The van der Waals surface area contributed by atoms with Crippen molar-refractivity contribution >= 4 is 27.5 Å². The molecule has 1 aliphatic heterocycles. The zero-order valence-corrected chi connectivity index (χ0v) is 15.8. The van der Waals surface area contributed by atoms with Crippen molar-refractivity contribution in [1.29, 1.82) is 0 Å². The van der Waals surface area contributed by atoms with Crippen LogP contribution in [0.3, 0.4) is 0 Å². The minimum atomic E-state index is -3.66. The van der Waals surface area contributed by atoms with E-state index in [0.29, 0.717) is 30.3 Å². The van der Waals surface area contributed by atoms with Gasteiger partial charge in [-0.1, -0.05) is 18.0 Å². The maximum Gasteiger partial charge on any atom is 0.243 e. The standard InChI is InChI=1S/C18H21ClN2O4S/c19-14-6-8-17(9-7-14)26(23,24)21-10-2-1-4-15(21)12-18(22)20-13-16-5-3-11-25-16/h3,5-9,11,15H,1-2,4,10,12-13H2,(H,20,22)/t15-/m0/s1. The number of nitrogens with one attached hydrogen (secondary N) is 1. The fourth-order valence-electron chi connectivity index (χ4n) is 3.12. The van der Waals surface area contributed by atoms with E-state index >= 15 is 0 Å². The maximum atomic E-state index is 13.0. The highest BCUT2D eigenvalue weighted by Crippen LogP contribution is 2.27. The molecule has 1 atom stereocenters. The molecule has 0 aliphatic carbocycles. The smallest absolute Gasteiger partial charge is 0.243 e. The van der Waals surface area contributed by atoms with Crippen molar-refractivity contribution in [3.05, 3.63) is 53.4 Å². The number of benzene rings is 1. The first-order chi connectivity index (χ1) is 12.5. The van der Waals surface area contributed by atoms with E-state index in [-0.39, 0.29) is 23.3 Å². The molecule has 0 unspecified atom stereocenters. The molecule has 0 radical (unpaired) electrons. The molecule has 1 saturated heterocycles. The Morgan fingerprint density at radius 1 is 1.23 bits per heavy atom. The summed E-state index contributed by atoms with van der Waals surface area (Å²) in [5, 5.41) is 3.26. The Morgan fingerprint density at radius 3 is 2.69 bits per heavy atom. The van der Waals surface area contributed by atoms with Gasteiger partial charge < -0.3 is 9.73 Å². The second-order valence-corrected chi connectivity index (χ2v) is 8.61. The summed E-state index contributed by atoms with van der Waals surface area (Å²) < 4.78 is 32.6. The van der Waals surface area contributed by atoms with Gasteiger partial charge in [-0.3, -0.25) is 4.79 Å². The van der Waals surface area contributed by atoms with E-state index in [1.807, 2.05) is 0 Å². The van der Waals surface area contributed by atoms with Crippen molar-refractivity contribution in [2.75, 3.05) is 6.54 Å². The summed E-state index contributed by atoms with van der Waals surface area (Å²) in [7, 11) is -3.66. The molecule has 2 aromatic rings. The van der Waals surface area contributed by atoms with Crippen LogP contribution in [0.2, 0.25) is 5.02 Å². The summed E-state index contributed by atoms with van der Waals surface area (Å²) in [6.07, 6.45) is 4.04. The number of carbonyl (C=O) groups is 1. The van der Waals surface area contributed by atoms with Crippen molar-refractivity contribution in [2.45, 2.75) is 43.2 Å². The summed E-state index contributed by atoms with van der Waals surface area (Å²) in [4.78, 5) is 12.5. The number of hydrogen-bond donors (Lipinski definition) is 1. The Labute approximate surface area is 158 Å². The van der Waals surface area contributed by atoms with E-state index in [2.05, 4.69) is 5.32 Å². The molecule has 26 heavy (non-hydrogen) atoms. The topological polar surface area (TPSA) is 79.6 Å². The van der Waals surface area contributed by atoms with Gasteiger partial charge in [0.25, 0.3) is 0 Å². The predicted molar refractivity (Wildman–Crippen MR) is 98.2 cm³/mol. The van der Waals surface area contributed by atoms with Crippen molar-refractivity contribution in [3.63, 3.8) is 0 Å². The Balaban J connectivity index is 1.68.